The Hall–Kier alpha value is -2.84. The van der Waals surface area contributed by atoms with Crippen LogP contribution in [0.5, 0.6) is 0 Å². The summed E-state index contributed by atoms with van der Waals surface area (Å²) in [5.41, 5.74) is 4.46. The Labute approximate surface area is 163 Å². The molecule has 0 aliphatic carbocycles. The Kier molecular flexibility index (Phi) is 6.45. The van der Waals surface area contributed by atoms with Gasteiger partial charge in [0.25, 0.3) is 11.8 Å². The lowest BCUT2D eigenvalue weighted by Gasteiger charge is -2.07. The normalized spacial score (nSPS) is 10.4. The number of benzene rings is 2. The molecular weight excluding hydrogens is 384 g/mol. The Balaban J connectivity index is 1.38. The van der Waals surface area contributed by atoms with Gasteiger partial charge in [0.1, 0.15) is 0 Å². The summed E-state index contributed by atoms with van der Waals surface area (Å²) in [5.74, 6) is -1.44. The van der Waals surface area contributed by atoms with Gasteiger partial charge in [0.05, 0.1) is 10.6 Å². The van der Waals surface area contributed by atoms with Gasteiger partial charge < -0.3 is 4.74 Å². The van der Waals surface area contributed by atoms with Crippen molar-refractivity contribution in [3.63, 3.8) is 0 Å². The summed E-state index contributed by atoms with van der Waals surface area (Å²) in [7, 11) is 0. The van der Waals surface area contributed by atoms with Crippen LogP contribution in [0.3, 0.4) is 0 Å². The van der Waals surface area contributed by atoms with Crippen LogP contribution >= 0.6 is 23.1 Å². The van der Waals surface area contributed by atoms with Gasteiger partial charge in [0.2, 0.25) is 0 Å². The molecule has 0 atom stereocenters. The number of carbonyl (C=O) groups excluding carboxylic acids is 3. The molecule has 1 aromatic heterocycles. The maximum absolute atomic E-state index is 11.8. The zero-order chi connectivity index (χ0) is 19.1. The van der Waals surface area contributed by atoms with E-state index in [-0.39, 0.29) is 5.75 Å². The van der Waals surface area contributed by atoms with Gasteiger partial charge in [-0.1, -0.05) is 36.4 Å². The van der Waals surface area contributed by atoms with E-state index in [4.69, 9.17) is 4.74 Å². The van der Waals surface area contributed by atoms with E-state index in [1.807, 2.05) is 42.5 Å². The molecule has 0 saturated heterocycles. The topological polar surface area (TPSA) is 84.5 Å². The Morgan fingerprint density at radius 1 is 0.963 bits per heavy atom. The second-order valence-corrected chi connectivity index (χ2v) is 7.43. The number of hydrogen-bond acceptors (Lipinski definition) is 6. The van der Waals surface area contributed by atoms with Gasteiger partial charge in [0.15, 0.2) is 6.61 Å². The van der Waals surface area contributed by atoms with Crippen molar-refractivity contribution in [3.8, 4) is 0 Å². The van der Waals surface area contributed by atoms with E-state index in [0.29, 0.717) is 4.88 Å². The second kappa shape index (κ2) is 9.20. The first-order valence-electron chi connectivity index (χ1n) is 8.02. The van der Waals surface area contributed by atoms with Crippen LogP contribution in [0.4, 0.5) is 0 Å². The molecule has 6 nitrogen and oxygen atoms in total. The molecule has 138 valence electrons. The number of esters is 1. The van der Waals surface area contributed by atoms with Gasteiger partial charge >= 0.3 is 5.97 Å². The summed E-state index contributed by atoms with van der Waals surface area (Å²) in [6.07, 6.45) is 0. The van der Waals surface area contributed by atoms with Crippen LogP contribution in [0, 0.1) is 0 Å². The Morgan fingerprint density at radius 3 is 2.56 bits per heavy atom. The lowest BCUT2D eigenvalue weighted by atomic mass is 10.1. The monoisotopic (exact) mass is 400 g/mol. The molecule has 0 saturated carbocycles. The molecule has 3 aromatic rings. The van der Waals surface area contributed by atoms with Gasteiger partial charge in [-0.05, 0) is 34.4 Å². The molecule has 2 N–H and O–H groups in total. The fourth-order valence-corrected chi connectivity index (χ4v) is 3.58. The van der Waals surface area contributed by atoms with Gasteiger partial charge in [-0.3, -0.25) is 25.2 Å². The van der Waals surface area contributed by atoms with Gasteiger partial charge in [-0.15, -0.1) is 23.1 Å². The van der Waals surface area contributed by atoms with Crippen molar-refractivity contribution in [3.05, 3.63) is 64.9 Å². The van der Waals surface area contributed by atoms with Crippen molar-refractivity contribution < 1.29 is 19.1 Å². The highest BCUT2D eigenvalue weighted by Crippen LogP contribution is 2.23. The number of carbonyl (C=O) groups is 3. The van der Waals surface area contributed by atoms with Gasteiger partial charge in [-0.25, -0.2) is 0 Å². The first-order valence-corrected chi connectivity index (χ1v) is 9.88. The number of rotatable bonds is 6. The zero-order valence-corrected chi connectivity index (χ0v) is 15.8. The number of fused-ring (bicyclic) bond motifs is 1. The molecule has 8 heteroatoms. The summed E-state index contributed by atoms with van der Waals surface area (Å²) in [6, 6.07) is 17.3. The average Bonchev–Trinajstić information content (AvgIpc) is 3.23. The summed E-state index contributed by atoms with van der Waals surface area (Å²) in [4.78, 5) is 36.5. The molecule has 0 radical (unpaired) electrons. The van der Waals surface area contributed by atoms with E-state index < -0.39 is 24.4 Å². The first-order chi connectivity index (χ1) is 13.1. The van der Waals surface area contributed by atoms with Gasteiger partial charge in [0, 0.05) is 4.90 Å². The van der Waals surface area contributed by atoms with Crippen molar-refractivity contribution in [2.24, 2.45) is 0 Å². The standard InChI is InChI=1S/C19H16N2O4S2/c22-17(20-21-19(24)16-6-3-9-26-16)11-25-18(23)12-27-15-8-7-13-4-1-2-5-14(13)10-15/h1-10H,11-12H2,(H,20,22)(H,21,24). The molecule has 27 heavy (non-hydrogen) atoms. The van der Waals surface area contributed by atoms with Crippen molar-refractivity contribution in [1.29, 1.82) is 0 Å². The number of hydrogen-bond donors (Lipinski definition) is 2. The third-order valence-electron chi connectivity index (χ3n) is 3.50. The van der Waals surface area contributed by atoms with E-state index in [2.05, 4.69) is 10.9 Å². The second-order valence-electron chi connectivity index (χ2n) is 5.44. The van der Waals surface area contributed by atoms with Crippen LogP contribution < -0.4 is 10.9 Å². The fourth-order valence-electron chi connectivity index (χ4n) is 2.22. The molecule has 2 amide bonds. The van der Waals surface area contributed by atoms with Crippen molar-refractivity contribution in [2.45, 2.75) is 4.90 Å². The molecule has 0 aliphatic heterocycles. The fraction of sp³-hybridized carbons (Fsp3) is 0.105. The predicted molar refractivity (Wildman–Crippen MR) is 106 cm³/mol. The SMILES string of the molecule is O=C(COC(=O)CSc1ccc2ccccc2c1)NNC(=O)c1cccs1. The third-order valence-corrected chi connectivity index (χ3v) is 5.34. The minimum atomic E-state index is -0.607. The van der Waals surface area contributed by atoms with E-state index in [9.17, 15) is 14.4 Å². The predicted octanol–water partition coefficient (Wildman–Crippen LogP) is 3.00. The molecule has 0 unspecified atom stereocenters. The highest BCUT2D eigenvalue weighted by molar-refractivity contribution is 8.00. The van der Waals surface area contributed by atoms with Crippen molar-refractivity contribution in [2.75, 3.05) is 12.4 Å². The van der Waals surface area contributed by atoms with E-state index in [1.165, 1.54) is 23.1 Å². The lowest BCUT2D eigenvalue weighted by Crippen LogP contribution is -2.43. The van der Waals surface area contributed by atoms with E-state index >= 15 is 0 Å². The minimum absolute atomic E-state index is 0.0905. The van der Waals surface area contributed by atoms with Crippen molar-refractivity contribution in [1.82, 2.24) is 10.9 Å². The van der Waals surface area contributed by atoms with Crippen LogP contribution in [-0.2, 0) is 14.3 Å². The first kappa shape index (κ1) is 18.9. The summed E-state index contributed by atoms with van der Waals surface area (Å²) in [5, 5.41) is 3.98. The molecule has 2 aromatic carbocycles. The Morgan fingerprint density at radius 2 is 1.78 bits per heavy atom. The van der Waals surface area contributed by atoms with Crippen LogP contribution in [0.2, 0.25) is 0 Å². The Bertz CT molecular complexity index is 957. The average molecular weight is 400 g/mol. The molecule has 0 fully saturated rings. The van der Waals surface area contributed by atoms with Crippen LogP contribution in [0.15, 0.2) is 64.9 Å². The number of amides is 2. The highest BCUT2D eigenvalue weighted by Gasteiger charge is 2.11. The highest BCUT2D eigenvalue weighted by atomic mass is 32.2. The van der Waals surface area contributed by atoms with E-state index in [0.717, 1.165) is 15.7 Å². The molecule has 0 bridgehead atoms. The number of thiophene rings is 1. The number of thioether (sulfide) groups is 1. The molecule has 0 aliphatic rings. The van der Waals surface area contributed by atoms with Crippen LogP contribution in [-0.4, -0.2) is 30.1 Å². The van der Waals surface area contributed by atoms with Crippen LogP contribution in [0.1, 0.15) is 9.67 Å². The summed E-state index contributed by atoms with van der Waals surface area (Å²) < 4.78 is 4.92. The molecular formula is C19H16N2O4S2. The molecule has 1 heterocycles. The number of nitrogens with one attached hydrogen (secondary N) is 2. The smallest absolute Gasteiger partial charge is 0.316 e. The summed E-state index contributed by atoms with van der Waals surface area (Å²) in [6.45, 7) is -0.457. The van der Waals surface area contributed by atoms with Crippen molar-refractivity contribution >= 4 is 51.7 Å². The van der Waals surface area contributed by atoms with E-state index in [1.54, 1.807) is 17.5 Å². The zero-order valence-electron chi connectivity index (χ0n) is 14.1. The lowest BCUT2D eigenvalue weighted by molar-refractivity contribution is -0.146. The van der Waals surface area contributed by atoms with Crippen LogP contribution in [0.25, 0.3) is 10.8 Å². The number of ether oxygens (including phenoxy) is 1. The maximum Gasteiger partial charge on any atom is 0.316 e. The molecule has 0 spiro atoms. The third kappa shape index (κ3) is 5.57. The maximum atomic E-state index is 11.8. The van der Waals surface area contributed by atoms with Gasteiger partial charge in [-0.2, -0.15) is 0 Å². The summed E-state index contributed by atoms with van der Waals surface area (Å²) >= 11 is 2.59. The quantitative estimate of drug-likeness (QED) is 0.378. The minimum Gasteiger partial charge on any atom is -0.455 e. The number of hydrazine groups is 1. The molecule has 3 rings (SSSR count). The largest absolute Gasteiger partial charge is 0.455 e.